The number of para-hydroxylation sites is 1. The van der Waals surface area contributed by atoms with E-state index in [4.69, 9.17) is 4.74 Å². The lowest BCUT2D eigenvalue weighted by atomic mass is 10.1. The topological polar surface area (TPSA) is 82.7 Å². The molecule has 2 aromatic carbocycles. The second-order valence-corrected chi connectivity index (χ2v) is 7.82. The fourth-order valence-corrected chi connectivity index (χ4v) is 3.88. The van der Waals surface area contributed by atoms with Crippen molar-refractivity contribution in [3.63, 3.8) is 0 Å². The van der Waals surface area contributed by atoms with Crippen LogP contribution in [-0.2, 0) is 11.2 Å². The van der Waals surface area contributed by atoms with E-state index in [1.54, 1.807) is 6.07 Å². The Labute approximate surface area is 190 Å². The van der Waals surface area contributed by atoms with Crippen molar-refractivity contribution in [1.29, 1.82) is 0 Å². The molecule has 0 atom stereocenters. The van der Waals surface area contributed by atoms with Crippen molar-refractivity contribution in [2.24, 2.45) is 0 Å². The molecule has 32 heavy (non-hydrogen) atoms. The molecule has 0 aromatic heterocycles. The van der Waals surface area contributed by atoms with Crippen molar-refractivity contribution >= 4 is 29.0 Å². The van der Waals surface area contributed by atoms with Crippen LogP contribution in [0.25, 0.3) is 0 Å². The summed E-state index contributed by atoms with van der Waals surface area (Å²) in [5, 5.41) is 8.76. The van der Waals surface area contributed by atoms with Crippen LogP contribution in [0.15, 0.2) is 42.5 Å². The van der Waals surface area contributed by atoms with E-state index in [9.17, 15) is 9.59 Å². The Hall–Kier alpha value is -3.06. The lowest BCUT2D eigenvalue weighted by Gasteiger charge is -2.22. The monoisotopic (exact) mass is 438 g/mol. The van der Waals surface area contributed by atoms with E-state index >= 15 is 0 Å². The van der Waals surface area contributed by atoms with Crippen molar-refractivity contribution in [2.45, 2.75) is 39.5 Å². The highest BCUT2D eigenvalue weighted by Crippen LogP contribution is 2.28. The maximum absolute atomic E-state index is 13.0. The minimum Gasteiger partial charge on any atom is -0.382 e. The summed E-state index contributed by atoms with van der Waals surface area (Å²) in [6.07, 6.45) is 3.83. The predicted octanol–water partition coefficient (Wildman–Crippen LogP) is 4.65. The third-order valence-electron chi connectivity index (χ3n) is 5.55. The molecule has 1 aliphatic heterocycles. The number of ether oxygens (including phenoxy) is 1. The smallest absolute Gasteiger partial charge is 0.323 e. The minimum absolute atomic E-state index is 0.135. The van der Waals surface area contributed by atoms with Crippen molar-refractivity contribution in [3.05, 3.63) is 53.6 Å². The molecule has 7 nitrogen and oxygen atoms in total. The molecule has 2 aromatic rings. The summed E-state index contributed by atoms with van der Waals surface area (Å²) in [6, 6.07) is 12.9. The molecule has 0 unspecified atom stereocenters. The van der Waals surface area contributed by atoms with Gasteiger partial charge in [-0.15, -0.1) is 0 Å². The summed E-state index contributed by atoms with van der Waals surface area (Å²) >= 11 is 0. The highest BCUT2D eigenvalue weighted by atomic mass is 16.5. The van der Waals surface area contributed by atoms with Crippen LogP contribution in [0.1, 0.15) is 49.0 Å². The van der Waals surface area contributed by atoms with Gasteiger partial charge in [0.25, 0.3) is 5.91 Å². The molecule has 172 valence electrons. The van der Waals surface area contributed by atoms with Crippen LogP contribution in [-0.4, -0.2) is 44.8 Å². The second-order valence-electron chi connectivity index (χ2n) is 7.82. The summed E-state index contributed by atoms with van der Waals surface area (Å²) in [5.41, 5.74) is 3.92. The third-order valence-corrected chi connectivity index (χ3v) is 5.55. The van der Waals surface area contributed by atoms with E-state index in [1.165, 1.54) is 0 Å². The highest BCUT2D eigenvalue weighted by Gasteiger charge is 2.20. The van der Waals surface area contributed by atoms with E-state index in [1.807, 2.05) is 43.3 Å². The Bertz CT molecular complexity index is 910. The molecule has 1 aliphatic rings. The number of carbonyl (C=O) groups is 2. The van der Waals surface area contributed by atoms with Gasteiger partial charge in [0.05, 0.1) is 5.56 Å². The van der Waals surface area contributed by atoms with Gasteiger partial charge in [-0.25, -0.2) is 4.79 Å². The summed E-state index contributed by atoms with van der Waals surface area (Å²) in [7, 11) is 0. The van der Waals surface area contributed by atoms with Gasteiger partial charge in [0.2, 0.25) is 0 Å². The van der Waals surface area contributed by atoms with Crippen LogP contribution < -0.4 is 20.9 Å². The van der Waals surface area contributed by atoms with E-state index in [2.05, 4.69) is 27.8 Å². The number of nitrogens with one attached hydrogen (secondary N) is 3. The van der Waals surface area contributed by atoms with Crippen molar-refractivity contribution in [3.8, 4) is 0 Å². The van der Waals surface area contributed by atoms with Gasteiger partial charge in [-0.1, -0.05) is 25.1 Å². The molecule has 1 heterocycles. The number of hydrogen-bond acceptors (Lipinski definition) is 4. The van der Waals surface area contributed by atoms with Gasteiger partial charge in [0.15, 0.2) is 0 Å². The number of amides is 3. The molecule has 1 saturated heterocycles. The maximum atomic E-state index is 13.0. The first kappa shape index (κ1) is 23.6. The van der Waals surface area contributed by atoms with E-state index in [0.717, 1.165) is 55.7 Å². The Morgan fingerprint density at radius 3 is 2.56 bits per heavy atom. The molecule has 1 fully saturated rings. The van der Waals surface area contributed by atoms with Gasteiger partial charge in [-0.05, 0) is 62.4 Å². The largest absolute Gasteiger partial charge is 0.382 e. The molecule has 3 N–H and O–H groups in total. The maximum Gasteiger partial charge on any atom is 0.323 e. The lowest BCUT2D eigenvalue weighted by molar-refractivity contribution is 0.0944. The first-order valence-corrected chi connectivity index (χ1v) is 11.5. The Morgan fingerprint density at radius 1 is 1.03 bits per heavy atom. The number of benzene rings is 2. The van der Waals surface area contributed by atoms with Crippen LogP contribution in [0.2, 0.25) is 0 Å². The first-order valence-electron chi connectivity index (χ1n) is 11.5. The van der Waals surface area contributed by atoms with Crippen LogP contribution in [0.3, 0.4) is 0 Å². The van der Waals surface area contributed by atoms with Crippen molar-refractivity contribution in [2.75, 3.05) is 48.4 Å². The SMILES string of the molecule is CCOCCCNC(=O)c1cc(NC(=O)Nc2ccccc2CC)ccc1N1CCCC1. The zero-order valence-corrected chi connectivity index (χ0v) is 19.1. The molecule has 3 rings (SSSR count). The van der Waals surface area contributed by atoms with Gasteiger partial charge < -0.3 is 25.6 Å². The Kier molecular flexibility index (Phi) is 8.92. The average molecular weight is 439 g/mol. The quantitative estimate of drug-likeness (QED) is 0.472. The summed E-state index contributed by atoms with van der Waals surface area (Å²) in [5.74, 6) is -0.135. The molecule has 3 amide bonds. The first-order chi connectivity index (χ1) is 15.6. The summed E-state index contributed by atoms with van der Waals surface area (Å²) in [4.78, 5) is 27.8. The number of aryl methyl sites for hydroxylation is 1. The fraction of sp³-hybridized carbons (Fsp3) is 0.440. The van der Waals surface area contributed by atoms with Crippen LogP contribution >= 0.6 is 0 Å². The van der Waals surface area contributed by atoms with Gasteiger partial charge in [-0.3, -0.25) is 4.79 Å². The fourth-order valence-electron chi connectivity index (χ4n) is 3.88. The zero-order chi connectivity index (χ0) is 22.8. The summed E-state index contributed by atoms with van der Waals surface area (Å²) in [6.45, 7) is 7.72. The van der Waals surface area contributed by atoms with Crippen LogP contribution in [0.5, 0.6) is 0 Å². The summed E-state index contributed by atoms with van der Waals surface area (Å²) < 4.78 is 5.34. The molecule has 7 heteroatoms. The van der Waals surface area contributed by atoms with Gasteiger partial charge >= 0.3 is 6.03 Å². The zero-order valence-electron chi connectivity index (χ0n) is 19.1. The number of rotatable bonds is 10. The minimum atomic E-state index is -0.331. The van der Waals surface area contributed by atoms with E-state index in [0.29, 0.717) is 31.0 Å². The molecular weight excluding hydrogens is 404 g/mol. The van der Waals surface area contributed by atoms with E-state index < -0.39 is 0 Å². The van der Waals surface area contributed by atoms with Gasteiger partial charge in [0, 0.05) is 49.9 Å². The van der Waals surface area contributed by atoms with Crippen LogP contribution in [0, 0.1) is 0 Å². The van der Waals surface area contributed by atoms with Crippen LogP contribution in [0.4, 0.5) is 21.9 Å². The molecular formula is C25H34N4O3. The van der Waals surface area contributed by atoms with Crippen molar-refractivity contribution < 1.29 is 14.3 Å². The third kappa shape index (κ3) is 6.47. The number of urea groups is 1. The molecule has 0 bridgehead atoms. The standard InChI is InChI=1S/C25H34N4O3/c1-3-19-10-5-6-11-22(19)28-25(31)27-20-12-13-23(29-15-7-8-16-29)21(18-20)24(30)26-14-9-17-32-4-2/h5-6,10-13,18H,3-4,7-9,14-17H2,1-2H3,(H,26,30)(H2,27,28,31). The average Bonchev–Trinajstić information content (AvgIpc) is 3.34. The van der Waals surface area contributed by atoms with Crippen molar-refractivity contribution in [1.82, 2.24) is 5.32 Å². The number of anilines is 3. The number of hydrogen-bond donors (Lipinski definition) is 3. The van der Waals surface area contributed by atoms with E-state index in [-0.39, 0.29) is 11.9 Å². The van der Waals surface area contributed by atoms with Gasteiger partial charge in [0.1, 0.15) is 0 Å². The Balaban J connectivity index is 1.71. The number of nitrogens with zero attached hydrogens (tertiary/aromatic N) is 1. The number of carbonyl (C=O) groups excluding carboxylic acids is 2. The second kappa shape index (κ2) is 12.1. The molecule has 0 saturated carbocycles. The Morgan fingerprint density at radius 2 is 1.81 bits per heavy atom. The normalized spacial score (nSPS) is 13.1. The molecule has 0 radical (unpaired) electrons. The predicted molar refractivity (Wildman–Crippen MR) is 130 cm³/mol. The molecule has 0 spiro atoms. The lowest BCUT2D eigenvalue weighted by Crippen LogP contribution is -2.29. The van der Waals surface area contributed by atoms with Gasteiger partial charge in [-0.2, -0.15) is 0 Å². The highest BCUT2D eigenvalue weighted by molar-refractivity contribution is 6.04. The molecule has 0 aliphatic carbocycles.